The SMILES string of the molecule is O=C(/C=C/c1cccc([N+](=O)[O-])c1)NNC(=S)Nc1ccc(Cl)cc1. The highest BCUT2D eigenvalue weighted by atomic mass is 35.5. The van der Waals surface area contributed by atoms with E-state index in [4.69, 9.17) is 23.8 Å². The number of amides is 1. The van der Waals surface area contributed by atoms with Gasteiger partial charge in [-0.2, -0.15) is 0 Å². The Morgan fingerprint density at radius 3 is 2.56 bits per heavy atom. The number of thiocarbonyl (C=S) groups is 1. The van der Waals surface area contributed by atoms with Crippen LogP contribution in [0.25, 0.3) is 6.08 Å². The van der Waals surface area contributed by atoms with E-state index < -0.39 is 10.8 Å². The molecule has 0 radical (unpaired) electrons. The molecule has 0 aliphatic carbocycles. The smallest absolute Gasteiger partial charge is 0.270 e. The van der Waals surface area contributed by atoms with Crippen LogP contribution in [0.4, 0.5) is 11.4 Å². The molecule has 0 aliphatic heterocycles. The predicted molar refractivity (Wildman–Crippen MR) is 101 cm³/mol. The van der Waals surface area contributed by atoms with Gasteiger partial charge in [-0.3, -0.25) is 25.8 Å². The van der Waals surface area contributed by atoms with Crippen LogP contribution < -0.4 is 16.2 Å². The Hall–Kier alpha value is -2.97. The van der Waals surface area contributed by atoms with Crippen molar-refractivity contribution in [2.24, 2.45) is 0 Å². The Balaban J connectivity index is 1.83. The zero-order chi connectivity index (χ0) is 18.2. The van der Waals surface area contributed by atoms with Gasteiger partial charge in [0, 0.05) is 28.9 Å². The summed E-state index contributed by atoms with van der Waals surface area (Å²) in [4.78, 5) is 21.9. The van der Waals surface area contributed by atoms with Crippen LogP contribution in [0, 0.1) is 10.1 Å². The van der Waals surface area contributed by atoms with Crippen molar-refractivity contribution in [2.45, 2.75) is 0 Å². The van der Waals surface area contributed by atoms with Gasteiger partial charge in [-0.25, -0.2) is 0 Å². The predicted octanol–water partition coefficient (Wildman–Crippen LogP) is 3.28. The minimum Gasteiger partial charge on any atom is -0.331 e. The van der Waals surface area contributed by atoms with Crippen molar-refractivity contribution >= 4 is 52.3 Å². The summed E-state index contributed by atoms with van der Waals surface area (Å²) in [5.41, 5.74) is 6.12. The molecule has 3 N–H and O–H groups in total. The van der Waals surface area contributed by atoms with Crippen LogP contribution >= 0.6 is 23.8 Å². The lowest BCUT2D eigenvalue weighted by molar-refractivity contribution is -0.384. The number of carbonyl (C=O) groups excluding carboxylic acids is 1. The summed E-state index contributed by atoms with van der Waals surface area (Å²) in [5.74, 6) is -0.466. The summed E-state index contributed by atoms with van der Waals surface area (Å²) < 4.78 is 0. The fraction of sp³-hybridized carbons (Fsp3) is 0. The lowest BCUT2D eigenvalue weighted by Crippen LogP contribution is -2.43. The largest absolute Gasteiger partial charge is 0.331 e. The van der Waals surface area contributed by atoms with Gasteiger partial charge >= 0.3 is 0 Å². The Morgan fingerprint density at radius 1 is 1.16 bits per heavy atom. The molecule has 0 saturated carbocycles. The maximum absolute atomic E-state index is 11.7. The van der Waals surface area contributed by atoms with Gasteiger partial charge in [0.05, 0.1) is 4.92 Å². The van der Waals surface area contributed by atoms with Gasteiger partial charge in [0.1, 0.15) is 0 Å². The molecule has 0 aromatic heterocycles. The molecule has 0 spiro atoms. The van der Waals surface area contributed by atoms with E-state index in [1.54, 1.807) is 36.4 Å². The van der Waals surface area contributed by atoms with Crippen molar-refractivity contribution in [1.29, 1.82) is 0 Å². The van der Waals surface area contributed by atoms with E-state index in [2.05, 4.69) is 16.2 Å². The number of nitro groups is 1. The first-order chi connectivity index (χ1) is 11.9. The van der Waals surface area contributed by atoms with Gasteiger partial charge in [-0.15, -0.1) is 0 Å². The van der Waals surface area contributed by atoms with Crippen molar-refractivity contribution in [3.8, 4) is 0 Å². The summed E-state index contributed by atoms with van der Waals surface area (Å²) in [7, 11) is 0. The average Bonchev–Trinajstić information content (AvgIpc) is 2.60. The van der Waals surface area contributed by atoms with Gasteiger partial charge in [0.15, 0.2) is 5.11 Å². The number of nitro benzene ring substituents is 1. The standard InChI is InChI=1S/C16H13ClN4O3S/c17-12-5-7-13(8-6-12)18-16(25)20-19-15(22)9-4-11-2-1-3-14(10-11)21(23)24/h1-10H,(H,19,22)(H2,18,20,25)/b9-4+. The number of hydrogen-bond acceptors (Lipinski definition) is 4. The number of hydrogen-bond donors (Lipinski definition) is 3. The highest BCUT2D eigenvalue weighted by Crippen LogP contribution is 2.14. The number of hydrazine groups is 1. The number of anilines is 1. The lowest BCUT2D eigenvalue weighted by Gasteiger charge is -2.10. The normalized spacial score (nSPS) is 10.3. The van der Waals surface area contributed by atoms with Crippen molar-refractivity contribution < 1.29 is 9.72 Å². The van der Waals surface area contributed by atoms with Gasteiger partial charge in [0.25, 0.3) is 11.6 Å². The summed E-state index contributed by atoms with van der Waals surface area (Å²) >= 11 is 10.8. The molecule has 0 unspecified atom stereocenters. The second-order valence-electron chi connectivity index (χ2n) is 4.76. The molecular weight excluding hydrogens is 364 g/mol. The molecule has 0 fully saturated rings. The number of benzene rings is 2. The Labute approximate surface area is 153 Å². The molecule has 0 aliphatic rings. The van der Waals surface area contributed by atoms with Crippen LogP contribution in [0.5, 0.6) is 0 Å². The Morgan fingerprint density at radius 2 is 1.88 bits per heavy atom. The fourth-order valence-corrected chi connectivity index (χ4v) is 2.06. The summed E-state index contributed by atoms with van der Waals surface area (Å²) in [5, 5.41) is 14.4. The van der Waals surface area contributed by atoms with Crippen LogP contribution in [-0.4, -0.2) is 15.9 Å². The van der Waals surface area contributed by atoms with E-state index in [9.17, 15) is 14.9 Å². The molecule has 2 aromatic rings. The third-order valence-corrected chi connectivity index (χ3v) is 3.37. The third kappa shape index (κ3) is 6.21. The van der Waals surface area contributed by atoms with Crippen molar-refractivity contribution in [3.05, 3.63) is 75.3 Å². The first-order valence-electron chi connectivity index (χ1n) is 6.99. The molecule has 9 heteroatoms. The number of non-ortho nitro benzene ring substituents is 1. The number of nitrogens with zero attached hydrogens (tertiary/aromatic N) is 1. The molecule has 0 atom stereocenters. The van der Waals surface area contributed by atoms with Gasteiger partial charge < -0.3 is 5.32 Å². The minimum atomic E-state index is -0.500. The Bertz CT molecular complexity index is 824. The zero-order valence-corrected chi connectivity index (χ0v) is 14.3. The first-order valence-corrected chi connectivity index (χ1v) is 7.78. The van der Waals surface area contributed by atoms with Crippen LogP contribution in [0.15, 0.2) is 54.6 Å². The van der Waals surface area contributed by atoms with E-state index in [0.29, 0.717) is 16.3 Å². The molecule has 0 heterocycles. The minimum absolute atomic E-state index is 0.0472. The van der Waals surface area contributed by atoms with E-state index in [1.807, 2.05) is 0 Å². The number of carbonyl (C=O) groups is 1. The highest BCUT2D eigenvalue weighted by Gasteiger charge is 2.04. The molecule has 0 saturated heterocycles. The molecule has 128 valence electrons. The van der Waals surface area contributed by atoms with Gasteiger partial charge in [-0.05, 0) is 48.1 Å². The second-order valence-corrected chi connectivity index (χ2v) is 5.61. The molecule has 2 rings (SSSR count). The number of nitrogens with one attached hydrogen (secondary N) is 3. The number of halogens is 1. The maximum Gasteiger partial charge on any atom is 0.270 e. The maximum atomic E-state index is 11.7. The van der Waals surface area contributed by atoms with Crippen molar-refractivity contribution in [2.75, 3.05) is 5.32 Å². The molecule has 7 nitrogen and oxygen atoms in total. The fourth-order valence-electron chi connectivity index (χ4n) is 1.77. The van der Waals surface area contributed by atoms with E-state index in [0.717, 1.165) is 0 Å². The van der Waals surface area contributed by atoms with E-state index in [-0.39, 0.29) is 10.8 Å². The summed E-state index contributed by atoms with van der Waals surface area (Å²) in [6.45, 7) is 0. The van der Waals surface area contributed by atoms with Crippen LogP contribution in [0.2, 0.25) is 5.02 Å². The molecular formula is C16H13ClN4O3S. The molecule has 2 aromatic carbocycles. The van der Waals surface area contributed by atoms with Crippen LogP contribution in [0.3, 0.4) is 0 Å². The average molecular weight is 377 g/mol. The lowest BCUT2D eigenvalue weighted by atomic mass is 10.2. The monoisotopic (exact) mass is 376 g/mol. The third-order valence-electron chi connectivity index (χ3n) is 2.91. The number of rotatable bonds is 4. The highest BCUT2D eigenvalue weighted by molar-refractivity contribution is 7.80. The quantitative estimate of drug-likeness (QED) is 0.328. The van der Waals surface area contributed by atoms with E-state index in [1.165, 1.54) is 24.3 Å². The topological polar surface area (TPSA) is 96.3 Å². The van der Waals surface area contributed by atoms with Gasteiger partial charge in [-0.1, -0.05) is 23.7 Å². The zero-order valence-electron chi connectivity index (χ0n) is 12.7. The van der Waals surface area contributed by atoms with Crippen molar-refractivity contribution in [3.63, 3.8) is 0 Å². The van der Waals surface area contributed by atoms with Crippen LogP contribution in [-0.2, 0) is 4.79 Å². The van der Waals surface area contributed by atoms with Crippen LogP contribution in [0.1, 0.15) is 5.56 Å². The Kier molecular flexibility index (Phi) is 6.44. The molecule has 1 amide bonds. The van der Waals surface area contributed by atoms with Crippen molar-refractivity contribution in [1.82, 2.24) is 10.9 Å². The molecule has 0 bridgehead atoms. The van der Waals surface area contributed by atoms with Gasteiger partial charge in [0.2, 0.25) is 0 Å². The summed E-state index contributed by atoms with van der Waals surface area (Å²) in [6, 6.07) is 12.8. The van der Waals surface area contributed by atoms with E-state index >= 15 is 0 Å². The second kappa shape index (κ2) is 8.76. The first kappa shape index (κ1) is 18.4. The summed E-state index contributed by atoms with van der Waals surface area (Å²) in [6.07, 6.45) is 2.69. The molecule has 25 heavy (non-hydrogen) atoms.